The third-order valence-electron chi connectivity index (χ3n) is 2.14. The van der Waals surface area contributed by atoms with Gasteiger partial charge in [-0.15, -0.1) is 0 Å². The van der Waals surface area contributed by atoms with Crippen molar-refractivity contribution in [3.05, 3.63) is 29.3 Å². The van der Waals surface area contributed by atoms with E-state index in [1.807, 2.05) is 26.8 Å². The van der Waals surface area contributed by atoms with Crippen LogP contribution in [0, 0.1) is 11.3 Å². The smallest absolute Gasteiger partial charge is 0.150 e. The maximum Gasteiger partial charge on any atom is 0.150 e. The van der Waals surface area contributed by atoms with Gasteiger partial charge in [0.1, 0.15) is 24.7 Å². The molecule has 18 heavy (non-hydrogen) atoms. The molecule has 0 atom stereocenters. The second-order valence-electron chi connectivity index (χ2n) is 4.79. The molecule has 0 heterocycles. The van der Waals surface area contributed by atoms with Gasteiger partial charge in [-0.1, -0.05) is 0 Å². The standard InChI is InChI=1S/C14H17NO3/c1-14(2,3)18-7-6-17-13-5-4-11(10-16)8-12(13)9-15/h4-5,8,10H,6-7H2,1-3H3. The molecule has 4 nitrogen and oxygen atoms in total. The summed E-state index contributed by atoms with van der Waals surface area (Å²) in [5.74, 6) is 0.473. The fourth-order valence-electron chi connectivity index (χ4n) is 1.33. The summed E-state index contributed by atoms with van der Waals surface area (Å²) in [7, 11) is 0. The van der Waals surface area contributed by atoms with Crippen molar-refractivity contribution in [3.63, 3.8) is 0 Å². The minimum Gasteiger partial charge on any atom is -0.490 e. The predicted octanol–water partition coefficient (Wildman–Crippen LogP) is 2.56. The number of carbonyl (C=O) groups is 1. The fourth-order valence-corrected chi connectivity index (χ4v) is 1.33. The number of aldehydes is 1. The number of hydrogen-bond acceptors (Lipinski definition) is 4. The highest BCUT2D eigenvalue weighted by atomic mass is 16.5. The van der Waals surface area contributed by atoms with Gasteiger partial charge in [0.05, 0.1) is 17.8 Å². The SMILES string of the molecule is CC(C)(C)OCCOc1ccc(C=O)cc1C#N. The van der Waals surface area contributed by atoms with E-state index in [0.717, 1.165) is 0 Å². The first-order valence-electron chi connectivity index (χ1n) is 5.72. The topological polar surface area (TPSA) is 59.3 Å². The van der Waals surface area contributed by atoms with Crippen LogP contribution in [0.3, 0.4) is 0 Å². The van der Waals surface area contributed by atoms with Crippen LogP contribution in [0.4, 0.5) is 0 Å². The monoisotopic (exact) mass is 247 g/mol. The first-order chi connectivity index (χ1) is 8.46. The van der Waals surface area contributed by atoms with Crippen molar-refractivity contribution >= 4 is 6.29 Å². The van der Waals surface area contributed by atoms with E-state index in [1.54, 1.807) is 12.1 Å². The lowest BCUT2D eigenvalue weighted by Crippen LogP contribution is -2.22. The van der Waals surface area contributed by atoms with Crippen LogP contribution in [0.1, 0.15) is 36.7 Å². The Morgan fingerprint density at radius 2 is 2.06 bits per heavy atom. The second kappa shape index (κ2) is 6.18. The third-order valence-corrected chi connectivity index (χ3v) is 2.14. The molecule has 0 fully saturated rings. The molecule has 0 aromatic heterocycles. The van der Waals surface area contributed by atoms with Gasteiger partial charge in [-0.2, -0.15) is 5.26 Å². The molecule has 0 saturated heterocycles. The van der Waals surface area contributed by atoms with Gasteiger partial charge < -0.3 is 9.47 Å². The average molecular weight is 247 g/mol. The van der Waals surface area contributed by atoms with Gasteiger partial charge in [0.15, 0.2) is 0 Å². The van der Waals surface area contributed by atoms with Gasteiger partial charge in [-0.05, 0) is 39.0 Å². The van der Waals surface area contributed by atoms with Crippen LogP contribution >= 0.6 is 0 Å². The molecule has 4 heteroatoms. The highest BCUT2D eigenvalue weighted by Crippen LogP contribution is 2.18. The number of nitrogens with zero attached hydrogens (tertiary/aromatic N) is 1. The zero-order valence-corrected chi connectivity index (χ0v) is 10.9. The van der Waals surface area contributed by atoms with E-state index in [4.69, 9.17) is 14.7 Å². The molecule has 0 amide bonds. The summed E-state index contributed by atoms with van der Waals surface area (Å²) in [6.07, 6.45) is 0.702. The average Bonchev–Trinajstić information content (AvgIpc) is 2.33. The van der Waals surface area contributed by atoms with Crippen molar-refractivity contribution in [2.45, 2.75) is 26.4 Å². The van der Waals surface area contributed by atoms with E-state index in [0.29, 0.717) is 36.4 Å². The Kier molecular flexibility index (Phi) is 4.87. The molecule has 0 aliphatic rings. The Morgan fingerprint density at radius 3 is 2.61 bits per heavy atom. The lowest BCUT2D eigenvalue weighted by atomic mass is 10.1. The first kappa shape index (κ1) is 14.2. The number of rotatable bonds is 5. The van der Waals surface area contributed by atoms with E-state index < -0.39 is 0 Å². The first-order valence-corrected chi connectivity index (χ1v) is 5.72. The number of hydrogen-bond donors (Lipinski definition) is 0. The lowest BCUT2D eigenvalue weighted by Gasteiger charge is -2.19. The summed E-state index contributed by atoms with van der Waals surface area (Å²) >= 11 is 0. The molecule has 1 aromatic carbocycles. The predicted molar refractivity (Wildman–Crippen MR) is 67.7 cm³/mol. The molecule has 0 aliphatic heterocycles. The molecular weight excluding hydrogens is 230 g/mol. The van der Waals surface area contributed by atoms with Crippen molar-refractivity contribution in [1.82, 2.24) is 0 Å². The number of benzene rings is 1. The molecule has 1 rings (SSSR count). The minimum absolute atomic E-state index is 0.206. The summed E-state index contributed by atoms with van der Waals surface area (Å²) in [4.78, 5) is 10.6. The van der Waals surface area contributed by atoms with Crippen molar-refractivity contribution in [2.75, 3.05) is 13.2 Å². The molecule has 0 bridgehead atoms. The molecule has 0 radical (unpaired) electrons. The quantitative estimate of drug-likeness (QED) is 0.592. The van der Waals surface area contributed by atoms with E-state index in [1.165, 1.54) is 6.07 Å². The Balaban J connectivity index is 2.58. The maximum absolute atomic E-state index is 10.6. The second-order valence-corrected chi connectivity index (χ2v) is 4.79. The number of nitriles is 1. The molecule has 96 valence electrons. The molecule has 0 aliphatic carbocycles. The van der Waals surface area contributed by atoms with Crippen LogP contribution in [-0.2, 0) is 4.74 Å². The summed E-state index contributed by atoms with van der Waals surface area (Å²) < 4.78 is 11.0. The van der Waals surface area contributed by atoms with E-state index in [9.17, 15) is 4.79 Å². The summed E-state index contributed by atoms with van der Waals surface area (Å²) in [6.45, 7) is 6.71. The van der Waals surface area contributed by atoms with Gasteiger partial charge in [0.2, 0.25) is 0 Å². The highest BCUT2D eigenvalue weighted by molar-refractivity contribution is 5.76. The van der Waals surface area contributed by atoms with Crippen LogP contribution in [0.15, 0.2) is 18.2 Å². The summed E-state index contributed by atoms with van der Waals surface area (Å²) in [5, 5.41) is 8.95. The zero-order chi connectivity index (χ0) is 13.6. The molecule has 0 unspecified atom stereocenters. The van der Waals surface area contributed by atoms with Gasteiger partial charge in [0.25, 0.3) is 0 Å². The molecule has 0 N–H and O–H groups in total. The zero-order valence-electron chi connectivity index (χ0n) is 10.9. The molecule has 1 aromatic rings. The van der Waals surface area contributed by atoms with E-state index >= 15 is 0 Å². The largest absolute Gasteiger partial charge is 0.490 e. The molecule has 0 spiro atoms. The van der Waals surface area contributed by atoms with Gasteiger partial charge in [-0.3, -0.25) is 4.79 Å². The Morgan fingerprint density at radius 1 is 1.33 bits per heavy atom. The van der Waals surface area contributed by atoms with Crippen LogP contribution in [0.25, 0.3) is 0 Å². The van der Waals surface area contributed by atoms with Crippen LogP contribution in [-0.4, -0.2) is 25.1 Å². The Labute approximate surface area is 107 Å². The molecular formula is C14H17NO3. The minimum atomic E-state index is -0.206. The highest BCUT2D eigenvalue weighted by Gasteiger charge is 2.10. The number of carbonyl (C=O) groups excluding carboxylic acids is 1. The van der Waals surface area contributed by atoms with Crippen molar-refractivity contribution in [2.24, 2.45) is 0 Å². The van der Waals surface area contributed by atoms with Gasteiger partial charge >= 0.3 is 0 Å². The third kappa shape index (κ3) is 4.56. The summed E-state index contributed by atoms with van der Waals surface area (Å²) in [5.41, 5.74) is 0.614. The van der Waals surface area contributed by atoms with Gasteiger partial charge in [-0.25, -0.2) is 0 Å². The lowest BCUT2D eigenvalue weighted by molar-refractivity contribution is -0.0163. The van der Waals surface area contributed by atoms with E-state index in [2.05, 4.69) is 0 Å². The van der Waals surface area contributed by atoms with Crippen LogP contribution < -0.4 is 4.74 Å². The Hall–Kier alpha value is -1.86. The van der Waals surface area contributed by atoms with Crippen LogP contribution in [0.5, 0.6) is 5.75 Å². The van der Waals surface area contributed by atoms with E-state index in [-0.39, 0.29) is 5.60 Å². The fraction of sp³-hybridized carbons (Fsp3) is 0.429. The number of ether oxygens (including phenoxy) is 2. The summed E-state index contributed by atoms with van der Waals surface area (Å²) in [6, 6.07) is 6.75. The Bertz CT molecular complexity index is 455. The van der Waals surface area contributed by atoms with Crippen LogP contribution in [0.2, 0.25) is 0 Å². The maximum atomic E-state index is 10.6. The van der Waals surface area contributed by atoms with Crippen molar-refractivity contribution in [3.8, 4) is 11.8 Å². The normalized spacial score (nSPS) is 10.8. The van der Waals surface area contributed by atoms with Gasteiger partial charge in [0, 0.05) is 5.56 Å². The van der Waals surface area contributed by atoms with Crippen molar-refractivity contribution in [1.29, 1.82) is 5.26 Å². The van der Waals surface area contributed by atoms with Crippen molar-refractivity contribution < 1.29 is 14.3 Å². The molecule has 0 saturated carbocycles.